The number of nitrogens with one attached hydrogen (secondary N) is 1. The summed E-state index contributed by atoms with van der Waals surface area (Å²) in [7, 11) is -2.66. The highest BCUT2D eigenvalue weighted by Gasteiger charge is 2.18. The van der Waals surface area contributed by atoms with Crippen LogP contribution in [0.5, 0.6) is 0 Å². The lowest BCUT2D eigenvalue weighted by molar-refractivity contribution is 0.628. The second kappa shape index (κ2) is 9.22. The van der Waals surface area contributed by atoms with E-state index >= 15 is 0 Å². The SMILES string of the molecule is CCc1nc(-c2cccc(F)c2)c(-c2ccnc(NS(=O)(=C(C)C)c3ccccc3)c2)s1. The Hall–Kier alpha value is -3.03. The van der Waals surface area contributed by atoms with E-state index < -0.39 is 9.71 Å². The van der Waals surface area contributed by atoms with Crippen LogP contribution in [0.1, 0.15) is 25.8 Å². The number of nitrogens with zero attached hydrogens (tertiary/aromatic N) is 2. The van der Waals surface area contributed by atoms with Gasteiger partial charge < -0.3 is 0 Å². The van der Waals surface area contributed by atoms with Crippen molar-refractivity contribution in [2.24, 2.45) is 0 Å². The number of aromatic nitrogens is 2. The Morgan fingerprint density at radius 1 is 1.03 bits per heavy atom. The van der Waals surface area contributed by atoms with Gasteiger partial charge in [0, 0.05) is 16.7 Å². The highest BCUT2D eigenvalue weighted by Crippen LogP contribution is 2.38. The van der Waals surface area contributed by atoms with Crippen molar-refractivity contribution in [3.63, 3.8) is 0 Å². The van der Waals surface area contributed by atoms with Gasteiger partial charge in [-0.2, -0.15) is 0 Å². The molecular formula is C25H24FN3OS2. The first-order valence-electron chi connectivity index (χ1n) is 10.3. The molecule has 2 heterocycles. The fourth-order valence-electron chi connectivity index (χ4n) is 3.33. The Labute approximate surface area is 192 Å². The number of hydrogen-bond acceptors (Lipinski definition) is 4. The Morgan fingerprint density at radius 2 is 1.81 bits per heavy atom. The van der Waals surface area contributed by atoms with E-state index in [0.29, 0.717) is 10.7 Å². The van der Waals surface area contributed by atoms with Gasteiger partial charge in [-0.1, -0.05) is 37.3 Å². The second-order valence-corrected chi connectivity index (χ2v) is 11.1. The van der Waals surface area contributed by atoms with Crippen LogP contribution in [0.15, 0.2) is 77.8 Å². The first-order valence-corrected chi connectivity index (χ1v) is 12.7. The van der Waals surface area contributed by atoms with E-state index in [2.05, 4.69) is 9.71 Å². The number of aryl methyl sites for hydroxylation is 1. The van der Waals surface area contributed by atoms with Gasteiger partial charge in [-0.25, -0.2) is 18.6 Å². The van der Waals surface area contributed by atoms with Crippen molar-refractivity contribution in [2.75, 3.05) is 4.72 Å². The standard InChI is InChI=1S/C25H24FN3OS2/c1-4-23-28-24(18-9-8-10-20(26)15-18)25(31-23)19-13-14-27-22(16-19)29-32(30,17(2)3)21-11-6-5-7-12-21/h5-16H,4H2,1-3H3,(H,27,29,30). The Bertz CT molecular complexity index is 1370. The molecule has 1 N–H and O–H groups in total. The van der Waals surface area contributed by atoms with Crippen molar-refractivity contribution < 1.29 is 8.60 Å². The van der Waals surface area contributed by atoms with Gasteiger partial charge in [-0.15, -0.1) is 11.3 Å². The zero-order chi connectivity index (χ0) is 22.7. The minimum absolute atomic E-state index is 0.298. The van der Waals surface area contributed by atoms with Gasteiger partial charge in [-0.3, -0.25) is 4.72 Å². The Kier molecular flexibility index (Phi) is 6.39. The zero-order valence-corrected chi connectivity index (χ0v) is 19.8. The van der Waals surface area contributed by atoms with Crippen LogP contribution in [-0.4, -0.2) is 19.0 Å². The molecule has 32 heavy (non-hydrogen) atoms. The summed E-state index contributed by atoms with van der Waals surface area (Å²) in [6.07, 6.45) is 2.48. The minimum Gasteiger partial charge on any atom is -0.293 e. The Balaban J connectivity index is 1.79. The predicted octanol–water partition coefficient (Wildman–Crippen LogP) is 6.46. The van der Waals surface area contributed by atoms with Crippen LogP contribution in [0, 0.1) is 5.82 Å². The van der Waals surface area contributed by atoms with Gasteiger partial charge in [0.2, 0.25) is 0 Å². The number of halogens is 1. The smallest absolute Gasteiger partial charge is 0.138 e. The van der Waals surface area contributed by atoms with Gasteiger partial charge in [0.25, 0.3) is 0 Å². The second-order valence-electron chi connectivity index (χ2n) is 7.46. The van der Waals surface area contributed by atoms with Gasteiger partial charge in [0.05, 0.1) is 25.3 Å². The van der Waals surface area contributed by atoms with Gasteiger partial charge >= 0.3 is 0 Å². The normalized spacial score (nSPS) is 12.9. The molecule has 0 spiro atoms. The zero-order valence-electron chi connectivity index (χ0n) is 18.1. The molecule has 0 aliphatic carbocycles. The van der Waals surface area contributed by atoms with Crippen LogP contribution in [0.25, 0.3) is 21.7 Å². The molecule has 0 saturated carbocycles. The third-order valence-electron chi connectivity index (χ3n) is 4.99. The van der Waals surface area contributed by atoms with Crippen LogP contribution >= 0.6 is 11.3 Å². The van der Waals surface area contributed by atoms with Gasteiger partial charge in [0.1, 0.15) is 11.6 Å². The van der Waals surface area contributed by atoms with Crippen molar-refractivity contribution in [1.82, 2.24) is 9.97 Å². The van der Waals surface area contributed by atoms with Crippen molar-refractivity contribution in [1.29, 1.82) is 0 Å². The van der Waals surface area contributed by atoms with E-state index in [4.69, 9.17) is 4.98 Å². The molecule has 2 aromatic carbocycles. The molecule has 0 bridgehead atoms. The lowest BCUT2D eigenvalue weighted by Gasteiger charge is -2.16. The molecule has 0 aliphatic rings. The van der Waals surface area contributed by atoms with E-state index in [-0.39, 0.29) is 5.82 Å². The lowest BCUT2D eigenvalue weighted by atomic mass is 10.1. The highest BCUT2D eigenvalue weighted by molar-refractivity contribution is 8.03. The maximum atomic E-state index is 13.9. The molecule has 1 atom stereocenters. The van der Waals surface area contributed by atoms with Crippen molar-refractivity contribution in [3.8, 4) is 21.7 Å². The quantitative estimate of drug-likeness (QED) is 0.333. The van der Waals surface area contributed by atoms with Crippen molar-refractivity contribution >= 4 is 31.7 Å². The molecule has 1 unspecified atom stereocenters. The van der Waals surface area contributed by atoms with Crippen LogP contribution in [0.4, 0.5) is 10.2 Å². The van der Waals surface area contributed by atoms with Gasteiger partial charge in [0.15, 0.2) is 0 Å². The molecule has 0 fully saturated rings. The van der Waals surface area contributed by atoms with Crippen molar-refractivity contribution in [3.05, 3.63) is 83.8 Å². The number of rotatable bonds is 6. The average molecular weight is 466 g/mol. The Morgan fingerprint density at radius 3 is 2.50 bits per heavy atom. The summed E-state index contributed by atoms with van der Waals surface area (Å²) in [6, 6.07) is 19.6. The summed E-state index contributed by atoms with van der Waals surface area (Å²) >= 11 is 1.58. The largest absolute Gasteiger partial charge is 0.293 e. The summed E-state index contributed by atoms with van der Waals surface area (Å²) in [5.74, 6) is 0.210. The molecular weight excluding hydrogens is 441 g/mol. The van der Waals surface area contributed by atoms with Crippen LogP contribution in [0.3, 0.4) is 0 Å². The summed E-state index contributed by atoms with van der Waals surface area (Å²) in [5, 5.41) is 0.969. The molecule has 4 nitrogen and oxygen atoms in total. The summed E-state index contributed by atoms with van der Waals surface area (Å²) < 4.78 is 30.9. The molecule has 2 aromatic heterocycles. The molecule has 7 heteroatoms. The predicted molar refractivity (Wildman–Crippen MR) is 133 cm³/mol. The maximum absolute atomic E-state index is 13.9. The third-order valence-corrected chi connectivity index (χ3v) is 8.82. The first-order chi connectivity index (χ1) is 15.4. The van der Waals surface area contributed by atoms with Crippen molar-refractivity contribution in [2.45, 2.75) is 32.1 Å². The molecule has 4 aromatic rings. The topological polar surface area (TPSA) is 54.9 Å². The molecule has 0 amide bonds. The maximum Gasteiger partial charge on any atom is 0.138 e. The number of pyridine rings is 1. The third kappa shape index (κ3) is 4.45. The van der Waals surface area contributed by atoms with E-state index in [1.807, 2.05) is 69.3 Å². The summed E-state index contributed by atoms with van der Waals surface area (Å²) in [5.41, 5.74) is 2.36. The highest BCUT2D eigenvalue weighted by atomic mass is 32.2. The fraction of sp³-hybridized carbons (Fsp3) is 0.160. The van der Waals surface area contributed by atoms with E-state index in [1.165, 1.54) is 12.1 Å². The lowest BCUT2D eigenvalue weighted by Crippen LogP contribution is -2.20. The van der Waals surface area contributed by atoms with E-state index in [0.717, 1.165) is 38.0 Å². The van der Waals surface area contributed by atoms with E-state index in [9.17, 15) is 8.60 Å². The average Bonchev–Trinajstić information content (AvgIpc) is 3.24. The van der Waals surface area contributed by atoms with Gasteiger partial charge in [-0.05, 0) is 67.1 Å². The summed E-state index contributed by atoms with van der Waals surface area (Å²) in [4.78, 5) is 11.6. The molecule has 0 aliphatic heterocycles. The minimum atomic E-state index is -2.66. The number of thiazole rings is 1. The fourth-order valence-corrected chi connectivity index (χ4v) is 6.09. The number of benzene rings is 2. The molecule has 0 saturated heterocycles. The van der Waals surface area contributed by atoms with E-state index in [1.54, 1.807) is 23.6 Å². The van der Waals surface area contributed by atoms with Crippen LogP contribution in [0.2, 0.25) is 0 Å². The first kappa shape index (κ1) is 22.2. The van der Waals surface area contributed by atoms with Crippen LogP contribution < -0.4 is 4.72 Å². The number of anilines is 1. The monoisotopic (exact) mass is 465 g/mol. The van der Waals surface area contributed by atoms with Crippen LogP contribution in [-0.2, 0) is 16.1 Å². The molecule has 164 valence electrons. The number of hydrogen-bond donors (Lipinski definition) is 1. The molecule has 4 rings (SSSR count). The summed E-state index contributed by atoms with van der Waals surface area (Å²) in [6.45, 7) is 5.75. The molecule has 0 radical (unpaired) electrons.